The maximum atomic E-state index is 2.63. The van der Waals surface area contributed by atoms with Crippen molar-refractivity contribution >= 4 is 17.1 Å². The van der Waals surface area contributed by atoms with Crippen LogP contribution in [0, 0.1) is 11.8 Å². The van der Waals surface area contributed by atoms with E-state index in [1.807, 2.05) is 0 Å². The van der Waals surface area contributed by atoms with Crippen molar-refractivity contribution in [2.24, 2.45) is 11.8 Å². The molecule has 1 heteroatoms. The second-order valence-corrected chi connectivity index (χ2v) is 17.1. The molecule has 10 rings (SSSR count). The topological polar surface area (TPSA) is 3.24 Å². The van der Waals surface area contributed by atoms with Crippen LogP contribution >= 0.6 is 0 Å². The second kappa shape index (κ2) is 13.2. The molecular formula is C52H51N. The normalized spacial score (nSPS) is 21.4. The van der Waals surface area contributed by atoms with Crippen molar-refractivity contribution in [3.05, 3.63) is 162 Å². The van der Waals surface area contributed by atoms with Gasteiger partial charge in [0.15, 0.2) is 0 Å². The Morgan fingerprint density at radius 3 is 1.98 bits per heavy atom. The molecule has 0 heterocycles. The van der Waals surface area contributed by atoms with Crippen LogP contribution < -0.4 is 4.90 Å². The van der Waals surface area contributed by atoms with Gasteiger partial charge in [-0.3, -0.25) is 0 Å². The number of para-hydroxylation sites is 1. The monoisotopic (exact) mass is 689 g/mol. The number of benzene rings is 6. The Hall–Kier alpha value is -4.88. The average molecular weight is 690 g/mol. The van der Waals surface area contributed by atoms with E-state index in [2.05, 4.69) is 158 Å². The highest BCUT2D eigenvalue weighted by molar-refractivity contribution is 5.99. The van der Waals surface area contributed by atoms with Crippen molar-refractivity contribution in [2.45, 2.75) is 88.9 Å². The first-order valence-corrected chi connectivity index (χ1v) is 20.5. The lowest BCUT2D eigenvalue weighted by molar-refractivity contribution is 0.420. The Morgan fingerprint density at radius 2 is 1.23 bits per heavy atom. The summed E-state index contributed by atoms with van der Waals surface area (Å²) < 4.78 is 0. The summed E-state index contributed by atoms with van der Waals surface area (Å²) in [5, 5.41) is 0. The number of hydrogen-bond acceptors (Lipinski definition) is 1. The molecule has 4 aliphatic rings. The molecule has 1 nitrogen and oxygen atoms in total. The number of fused-ring (bicyclic) bond motifs is 5. The summed E-state index contributed by atoms with van der Waals surface area (Å²) >= 11 is 0. The van der Waals surface area contributed by atoms with E-state index in [0.717, 1.165) is 17.8 Å². The van der Waals surface area contributed by atoms with E-state index < -0.39 is 0 Å². The van der Waals surface area contributed by atoms with Crippen LogP contribution in [0.1, 0.15) is 106 Å². The number of hydrogen-bond donors (Lipinski definition) is 0. The van der Waals surface area contributed by atoms with E-state index in [1.165, 1.54) is 125 Å². The third-order valence-corrected chi connectivity index (χ3v) is 13.8. The van der Waals surface area contributed by atoms with Crippen LogP contribution in [-0.2, 0) is 5.41 Å². The highest BCUT2D eigenvalue weighted by Crippen LogP contribution is 2.57. The molecule has 6 aromatic rings. The third kappa shape index (κ3) is 5.58. The maximum absolute atomic E-state index is 2.63. The zero-order chi connectivity index (χ0) is 35.5. The molecule has 53 heavy (non-hydrogen) atoms. The Morgan fingerprint density at radius 1 is 0.528 bits per heavy atom. The Kier molecular flexibility index (Phi) is 8.16. The van der Waals surface area contributed by atoms with E-state index in [-0.39, 0.29) is 5.41 Å². The molecule has 6 aromatic carbocycles. The maximum Gasteiger partial charge on any atom is 0.0496 e. The van der Waals surface area contributed by atoms with Crippen LogP contribution in [0.5, 0.6) is 0 Å². The van der Waals surface area contributed by atoms with Gasteiger partial charge in [0.1, 0.15) is 0 Å². The van der Waals surface area contributed by atoms with Crippen LogP contribution in [0.4, 0.5) is 17.1 Å². The summed E-state index contributed by atoms with van der Waals surface area (Å²) in [6.45, 7) is 4.86. The van der Waals surface area contributed by atoms with Crippen molar-refractivity contribution < 1.29 is 0 Å². The zero-order valence-corrected chi connectivity index (χ0v) is 31.4. The van der Waals surface area contributed by atoms with E-state index in [9.17, 15) is 0 Å². The predicted molar refractivity (Wildman–Crippen MR) is 224 cm³/mol. The van der Waals surface area contributed by atoms with Crippen molar-refractivity contribution in [1.29, 1.82) is 0 Å². The summed E-state index contributed by atoms with van der Waals surface area (Å²) in [6.07, 6.45) is 12.2. The fraction of sp³-hybridized carbons (Fsp3) is 0.308. The molecule has 0 saturated heterocycles. The van der Waals surface area contributed by atoms with Gasteiger partial charge in [0.05, 0.1) is 0 Å². The molecule has 0 N–H and O–H groups in total. The molecule has 4 aliphatic carbocycles. The quantitative estimate of drug-likeness (QED) is 0.161. The van der Waals surface area contributed by atoms with Gasteiger partial charge in [-0.2, -0.15) is 0 Å². The lowest BCUT2D eigenvalue weighted by Crippen LogP contribution is -2.18. The van der Waals surface area contributed by atoms with Gasteiger partial charge in [0, 0.05) is 22.5 Å². The van der Waals surface area contributed by atoms with E-state index in [0.29, 0.717) is 5.92 Å². The van der Waals surface area contributed by atoms with Crippen molar-refractivity contribution in [1.82, 2.24) is 0 Å². The smallest absolute Gasteiger partial charge is 0.0496 e. The fourth-order valence-electron chi connectivity index (χ4n) is 11.1. The van der Waals surface area contributed by atoms with Crippen LogP contribution in [0.2, 0.25) is 0 Å². The number of anilines is 3. The molecule has 3 saturated carbocycles. The molecule has 0 aliphatic heterocycles. The second-order valence-electron chi connectivity index (χ2n) is 17.1. The summed E-state index contributed by atoms with van der Waals surface area (Å²) in [6, 6.07) is 53.5. The van der Waals surface area contributed by atoms with Gasteiger partial charge in [-0.1, -0.05) is 149 Å². The standard InChI is InChI=1S/C52H51N/c1-52(2)48-23-13-11-22-45(48)51-47(44-21-10-9-19-42(44)36-15-5-3-6-16-36)33-41(34-49(51)52)53(50-24-14-12-20-43(50)37-17-7-4-8-18-37)40-29-27-38(28-30-40)46-32-35-25-26-39(46)31-35/h3,5-6,9-16,19-24,27-30,33-35,37,39,46H,4,7-8,17-18,25-26,31-32H2,1-2H3. The molecule has 0 spiro atoms. The van der Waals surface area contributed by atoms with Crippen molar-refractivity contribution in [3.63, 3.8) is 0 Å². The van der Waals surface area contributed by atoms with Crippen LogP contribution in [-0.4, -0.2) is 0 Å². The Labute approximate surface area is 316 Å². The molecule has 0 aromatic heterocycles. The first-order valence-electron chi connectivity index (χ1n) is 20.5. The van der Waals surface area contributed by atoms with Crippen LogP contribution in [0.15, 0.2) is 140 Å². The molecule has 3 atom stereocenters. The SMILES string of the molecule is CC1(C)c2ccccc2-c2c(-c3ccccc3-c3ccccc3)cc(N(c3ccc(C4CC5CCC4C5)cc3)c3ccccc3C3CCCCC3)cc21. The molecule has 0 amide bonds. The van der Waals surface area contributed by atoms with E-state index in [1.54, 1.807) is 5.56 Å². The first kappa shape index (κ1) is 32.7. The van der Waals surface area contributed by atoms with Crippen LogP contribution in [0.25, 0.3) is 33.4 Å². The minimum atomic E-state index is -0.140. The lowest BCUT2D eigenvalue weighted by atomic mass is 9.80. The van der Waals surface area contributed by atoms with E-state index in [4.69, 9.17) is 0 Å². The summed E-state index contributed by atoms with van der Waals surface area (Å²) in [5.41, 5.74) is 17.4. The molecule has 2 bridgehead atoms. The van der Waals surface area contributed by atoms with Gasteiger partial charge in [-0.15, -0.1) is 0 Å². The molecule has 3 fully saturated rings. The highest BCUT2D eigenvalue weighted by atomic mass is 15.1. The zero-order valence-electron chi connectivity index (χ0n) is 31.4. The minimum absolute atomic E-state index is 0.140. The van der Waals surface area contributed by atoms with Gasteiger partial charge in [-0.25, -0.2) is 0 Å². The highest BCUT2D eigenvalue weighted by Gasteiger charge is 2.41. The van der Waals surface area contributed by atoms with Gasteiger partial charge >= 0.3 is 0 Å². The summed E-state index contributed by atoms with van der Waals surface area (Å²) in [5.74, 6) is 3.14. The van der Waals surface area contributed by atoms with Gasteiger partial charge in [0.25, 0.3) is 0 Å². The Balaban J connectivity index is 1.21. The fourth-order valence-corrected chi connectivity index (χ4v) is 11.1. The first-order chi connectivity index (χ1) is 26.0. The number of rotatable bonds is 7. The van der Waals surface area contributed by atoms with Crippen molar-refractivity contribution in [3.8, 4) is 33.4 Å². The average Bonchev–Trinajstić information content (AvgIpc) is 3.92. The minimum Gasteiger partial charge on any atom is -0.310 e. The molecule has 3 unspecified atom stereocenters. The largest absolute Gasteiger partial charge is 0.310 e. The number of nitrogens with zero attached hydrogens (tertiary/aromatic N) is 1. The molecule has 264 valence electrons. The molecular weight excluding hydrogens is 639 g/mol. The van der Waals surface area contributed by atoms with Gasteiger partial charge in [0.2, 0.25) is 0 Å². The summed E-state index contributed by atoms with van der Waals surface area (Å²) in [4.78, 5) is 2.63. The lowest BCUT2D eigenvalue weighted by Gasteiger charge is -2.33. The van der Waals surface area contributed by atoms with Crippen molar-refractivity contribution in [2.75, 3.05) is 4.90 Å². The van der Waals surface area contributed by atoms with E-state index >= 15 is 0 Å². The Bertz CT molecular complexity index is 2270. The van der Waals surface area contributed by atoms with Gasteiger partial charge in [-0.05, 0) is 142 Å². The van der Waals surface area contributed by atoms with Gasteiger partial charge < -0.3 is 4.90 Å². The molecule has 0 radical (unpaired) electrons. The third-order valence-electron chi connectivity index (χ3n) is 13.8. The summed E-state index contributed by atoms with van der Waals surface area (Å²) in [7, 11) is 0. The predicted octanol–water partition coefficient (Wildman–Crippen LogP) is 14.7. The van der Waals surface area contributed by atoms with Crippen LogP contribution in [0.3, 0.4) is 0 Å².